The van der Waals surface area contributed by atoms with E-state index >= 15 is 0 Å². The summed E-state index contributed by atoms with van der Waals surface area (Å²) in [6, 6.07) is 10.1. The number of hydrogen-bond donors (Lipinski definition) is 0. The minimum atomic E-state index is 0.219. The van der Waals surface area contributed by atoms with E-state index in [9.17, 15) is 4.79 Å². The van der Waals surface area contributed by atoms with Crippen molar-refractivity contribution in [2.75, 3.05) is 0 Å². The monoisotopic (exact) mass is 282 g/mol. The number of benzene rings is 1. The van der Waals surface area contributed by atoms with E-state index in [1.807, 2.05) is 18.2 Å². The van der Waals surface area contributed by atoms with Gasteiger partial charge in [0, 0.05) is 0 Å². The fraction of sp³-hybridized carbons (Fsp3) is 0.500. The van der Waals surface area contributed by atoms with Gasteiger partial charge in [0.05, 0.1) is 0 Å². The molecule has 0 atom stereocenters. The van der Waals surface area contributed by atoms with Crippen LogP contribution in [-0.4, -0.2) is 19.6 Å². The van der Waals surface area contributed by atoms with Crippen LogP contribution in [0.5, 0.6) is 0 Å². The zero-order chi connectivity index (χ0) is 11.2. The van der Waals surface area contributed by atoms with Crippen molar-refractivity contribution in [2.45, 2.75) is 43.3 Å². The first-order chi connectivity index (χ1) is 7.84. The van der Waals surface area contributed by atoms with Crippen molar-refractivity contribution >= 4 is 19.6 Å². The van der Waals surface area contributed by atoms with Gasteiger partial charge in [-0.25, -0.2) is 0 Å². The van der Waals surface area contributed by atoms with Gasteiger partial charge >= 0.3 is 104 Å². The molecule has 0 spiro atoms. The number of hydrogen-bond acceptors (Lipinski definition) is 1. The molecule has 1 aromatic carbocycles. The molecule has 86 valence electrons. The Labute approximate surface area is 104 Å². The molecule has 0 N–H and O–H groups in total. The average Bonchev–Trinajstić information content (AvgIpc) is 2.31. The Balaban J connectivity index is 1.80. The van der Waals surface area contributed by atoms with Crippen molar-refractivity contribution in [3.63, 3.8) is 0 Å². The Morgan fingerprint density at radius 2 is 1.81 bits per heavy atom. The maximum absolute atomic E-state index is 11.9. The molecule has 1 saturated carbocycles. The molecule has 1 nitrogen and oxygen atoms in total. The molecule has 0 aromatic heterocycles. The number of rotatable bonds is 4. The third-order valence-corrected chi connectivity index (χ3v) is 5.58. The topological polar surface area (TPSA) is 17.1 Å². The van der Waals surface area contributed by atoms with Gasteiger partial charge < -0.3 is 0 Å². The van der Waals surface area contributed by atoms with Crippen LogP contribution in [0.15, 0.2) is 30.3 Å². The van der Waals surface area contributed by atoms with Crippen molar-refractivity contribution < 1.29 is 4.79 Å². The standard InChI is InChI=1S/C14H18OSe/c15-14(11-12-7-3-1-4-8-12)16-13-9-5-2-6-10-13/h1,3-4,7-8,13H,2,5-6,9-11H2. The number of carbonyl (C=O) groups excluding carboxylic acids is 1. The van der Waals surface area contributed by atoms with Crippen molar-refractivity contribution in [2.24, 2.45) is 0 Å². The Bertz CT molecular complexity index is 328. The molecule has 0 heterocycles. The Morgan fingerprint density at radius 3 is 2.50 bits per heavy atom. The minimum absolute atomic E-state index is 0.219. The summed E-state index contributed by atoms with van der Waals surface area (Å²) in [5, 5.41) is 0. The van der Waals surface area contributed by atoms with Gasteiger partial charge in [0.2, 0.25) is 0 Å². The first kappa shape index (κ1) is 11.9. The third-order valence-electron chi connectivity index (χ3n) is 3.04. The van der Waals surface area contributed by atoms with Crippen LogP contribution in [0.3, 0.4) is 0 Å². The molecule has 0 bridgehead atoms. The second-order valence-electron chi connectivity index (χ2n) is 4.41. The quantitative estimate of drug-likeness (QED) is 0.774. The van der Waals surface area contributed by atoms with Gasteiger partial charge in [0.1, 0.15) is 0 Å². The van der Waals surface area contributed by atoms with Gasteiger partial charge in [-0.05, 0) is 0 Å². The summed E-state index contributed by atoms with van der Waals surface area (Å²) in [4.78, 5) is 12.6. The molecule has 16 heavy (non-hydrogen) atoms. The van der Waals surface area contributed by atoms with E-state index in [0.717, 1.165) is 4.82 Å². The van der Waals surface area contributed by atoms with E-state index in [2.05, 4.69) is 12.1 Å². The Hall–Kier alpha value is -0.591. The molecular weight excluding hydrogens is 263 g/mol. The SMILES string of the molecule is O=C(Cc1ccccc1)[Se]C1CCCCC1. The number of carbonyl (C=O) groups is 1. The van der Waals surface area contributed by atoms with Gasteiger partial charge in [-0.1, -0.05) is 0 Å². The van der Waals surface area contributed by atoms with Gasteiger partial charge in [0.15, 0.2) is 0 Å². The molecule has 1 aliphatic rings. The van der Waals surface area contributed by atoms with Crippen LogP contribution < -0.4 is 0 Å². The fourth-order valence-corrected chi connectivity index (χ4v) is 4.67. The van der Waals surface area contributed by atoms with Crippen molar-refractivity contribution in [3.05, 3.63) is 35.9 Å². The van der Waals surface area contributed by atoms with Crippen LogP contribution in [0.4, 0.5) is 0 Å². The van der Waals surface area contributed by atoms with E-state index in [0.29, 0.717) is 11.1 Å². The maximum atomic E-state index is 11.9. The summed E-state index contributed by atoms with van der Waals surface area (Å²) >= 11 is 0.219. The van der Waals surface area contributed by atoms with Crippen LogP contribution in [0.1, 0.15) is 37.7 Å². The van der Waals surface area contributed by atoms with Crippen molar-refractivity contribution in [1.82, 2.24) is 0 Å². The van der Waals surface area contributed by atoms with Crippen molar-refractivity contribution in [1.29, 1.82) is 0 Å². The summed E-state index contributed by atoms with van der Waals surface area (Å²) in [6.45, 7) is 0. The van der Waals surface area contributed by atoms with Crippen molar-refractivity contribution in [3.8, 4) is 0 Å². The fourth-order valence-electron chi connectivity index (χ4n) is 2.17. The molecule has 0 radical (unpaired) electrons. The summed E-state index contributed by atoms with van der Waals surface area (Å²) in [5.74, 6) is 0. The molecule has 1 aromatic rings. The van der Waals surface area contributed by atoms with E-state index in [4.69, 9.17) is 0 Å². The molecule has 0 amide bonds. The van der Waals surface area contributed by atoms with Gasteiger partial charge in [-0.2, -0.15) is 0 Å². The summed E-state index contributed by atoms with van der Waals surface area (Å²) in [6.07, 6.45) is 7.29. The van der Waals surface area contributed by atoms with Crippen LogP contribution >= 0.6 is 0 Å². The summed E-state index contributed by atoms with van der Waals surface area (Å²) in [7, 11) is 0. The van der Waals surface area contributed by atoms with E-state index in [1.165, 1.54) is 37.7 Å². The van der Waals surface area contributed by atoms with Crippen LogP contribution in [0.25, 0.3) is 0 Å². The second-order valence-corrected chi connectivity index (χ2v) is 7.26. The molecular formula is C14H18OSe. The Kier molecular flexibility index (Phi) is 4.62. The summed E-state index contributed by atoms with van der Waals surface area (Å²) in [5.41, 5.74) is 1.17. The van der Waals surface area contributed by atoms with Gasteiger partial charge in [-0.3, -0.25) is 0 Å². The predicted octanol–water partition coefficient (Wildman–Crippen LogP) is 3.21. The van der Waals surface area contributed by atoms with Gasteiger partial charge in [-0.15, -0.1) is 0 Å². The molecule has 2 rings (SSSR count). The van der Waals surface area contributed by atoms with Crippen LogP contribution in [-0.2, 0) is 11.2 Å². The molecule has 0 unspecified atom stereocenters. The van der Waals surface area contributed by atoms with E-state index in [-0.39, 0.29) is 15.0 Å². The Morgan fingerprint density at radius 1 is 1.12 bits per heavy atom. The van der Waals surface area contributed by atoms with E-state index < -0.39 is 0 Å². The molecule has 0 aliphatic heterocycles. The molecule has 1 aliphatic carbocycles. The predicted molar refractivity (Wildman–Crippen MR) is 67.7 cm³/mol. The molecule has 0 saturated heterocycles. The molecule has 2 heteroatoms. The van der Waals surface area contributed by atoms with E-state index in [1.54, 1.807) is 0 Å². The zero-order valence-electron chi connectivity index (χ0n) is 9.52. The zero-order valence-corrected chi connectivity index (χ0v) is 11.2. The normalized spacial score (nSPS) is 17.2. The summed E-state index contributed by atoms with van der Waals surface area (Å²) < 4.78 is 0.477. The van der Waals surface area contributed by atoms with Crippen LogP contribution in [0.2, 0.25) is 4.82 Å². The first-order valence-corrected chi connectivity index (χ1v) is 7.92. The van der Waals surface area contributed by atoms with Gasteiger partial charge in [0.25, 0.3) is 0 Å². The molecule has 1 fully saturated rings. The average molecular weight is 281 g/mol. The second kappa shape index (κ2) is 6.22. The van der Waals surface area contributed by atoms with Crippen LogP contribution in [0, 0.1) is 0 Å². The first-order valence-electron chi connectivity index (χ1n) is 6.08. The third kappa shape index (κ3) is 3.77.